The van der Waals surface area contributed by atoms with Gasteiger partial charge in [0.1, 0.15) is 5.82 Å². The number of hydrogen-bond donors (Lipinski definition) is 2. The van der Waals surface area contributed by atoms with Gasteiger partial charge in [-0.2, -0.15) is 0 Å². The Labute approximate surface area is 168 Å². The molecule has 7 heteroatoms. The second-order valence-corrected chi connectivity index (χ2v) is 7.15. The summed E-state index contributed by atoms with van der Waals surface area (Å²) >= 11 is 6.04. The number of carbonyl (C=O) groups is 1. The number of nitrogens with zero attached hydrogens (tertiary/aromatic N) is 2. The molecule has 1 heterocycles. The number of aromatic amines is 1. The molecule has 2 N–H and O–H groups in total. The number of aromatic nitrogens is 2. The van der Waals surface area contributed by atoms with Crippen LogP contribution in [0.1, 0.15) is 25.2 Å². The molecule has 146 valence electrons. The van der Waals surface area contributed by atoms with Crippen molar-refractivity contribution in [2.45, 2.75) is 33.4 Å². The number of fused-ring (bicyclic) bond motifs is 1. The van der Waals surface area contributed by atoms with E-state index >= 15 is 0 Å². The fraction of sp³-hybridized carbons (Fsp3) is 0.286. The predicted molar refractivity (Wildman–Crippen MR) is 113 cm³/mol. The van der Waals surface area contributed by atoms with Gasteiger partial charge in [-0.15, -0.1) is 0 Å². The van der Waals surface area contributed by atoms with Gasteiger partial charge in [-0.1, -0.05) is 36.7 Å². The Balaban J connectivity index is 1.78. The van der Waals surface area contributed by atoms with Crippen molar-refractivity contribution in [1.82, 2.24) is 14.9 Å². The highest BCUT2D eigenvalue weighted by atomic mass is 35.5. The van der Waals surface area contributed by atoms with Crippen LogP contribution in [-0.4, -0.2) is 33.4 Å². The Morgan fingerprint density at radius 2 is 2.04 bits per heavy atom. The lowest BCUT2D eigenvalue weighted by Gasteiger charge is -2.26. The molecule has 0 aliphatic heterocycles. The minimum absolute atomic E-state index is 0.143. The average Bonchev–Trinajstić information content (AvgIpc) is 2.68. The molecule has 0 aliphatic rings. The van der Waals surface area contributed by atoms with E-state index in [1.165, 1.54) is 0 Å². The number of H-pyrrole nitrogens is 1. The third-order valence-corrected chi connectivity index (χ3v) is 5.04. The first-order valence-electron chi connectivity index (χ1n) is 9.18. The van der Waals surface area contributed by atoms with Crippen LogP contribution in [0.25, 0.3) is 10.9 Å². The summed E-state index contributed by atoms with van der Waals surface area (Å²) in [5.74, 6) is 0.388. The molecule has 6 nitrogen and oxygen atoms in total. The van der Waals surface area contributed by atoms with Crippen LogP contribution >= 0.6 is 11.6 Å². The van der Waals surface area contributed by atoms with Crippen molar-refractivity contribution in [3.05, 3.63) is 69.2 Å². The third-order valence-electron chi connectivity index (χ3n) is 4.81. The summed E-state index contributed by atoms with van der Waals surface area (Å²) in [4.78, 5) is 34.3. The van der Waals surface area contributed by atoms with Crippen LogP contribution in [-0.2, 0) is 11.3 Å². The highest BCUT2D eigenvalue weighted by molar-refractivity contribution is 6.31. The number of benzene rings is 2. The first-order valence-corrected chi connectivity index (χ1v) is 9.56. The van der Waals surface area contributed by atoms with E-state index in [4.69, 9.17) is 11.6 Å². The Hall–Kier alpha value is -2.70. The highest BCUT2D eigenvalue weighted by Crippen LogP contribution is 2.21. The Morgan fingerprint density at radius 3 is 2.79 bits per heavy atom. The second-order valence-electron chi connectivity index (χ2n) is 6.72. The molecule has 0 spiro atoms. The molecule has 3 aromatic rings. The fourth-order valence-electron chi connectivity index (χ4n) is 3.06. The van der Waals surface area contributed by atoms with Crippen molar-refractivity contribution >= 4 is 34.1 Å². The lowest BCUT2D eigenvalue weighted by molar-refractivity contribution is -0.120. The summed E-state index contributed by atoms with van der Waals surface area (Å²) < 4.78 is 0. The number of anilines is 1. The van der Waals surface area contributed by atoms with E-state index in [1.807, 2.05) is 49.9 Å². The van der Waals surface area contributed by atoms with Crippen molar-refractivity contribution in [2.24, 2.45) is 0 Å². The molecule has 0 saturated heterocycles. The van der Waals surface area contributed by atoms with Gasteiger partial charge in [-0.3, -0.25) is 14.5 Å². The quantitative estimate of drug-likeness (QED) is 0.663. The molecule has 0 aliphatic carbocycles. The third kappa shape index (κ3) is 4.40. The van der Waals surface area contributed by atoms with Gasteiger partial charge in [0.25, 0.3) is 5.56 Å². The number of hydrogen-bond acceptors (Lipinski definition) is 4. The van der Waals surface area contributed by atoms with Crippen LogP contribution < -0.4 is 10.9 Å². The fourth-order valence-corrected chi connectivity index (χ4v) is 3.23. The monoisotopic (exact) mass is 398 g/mol. The van der Waals surface area contributed by atoms with Crippen molar-refractivity contribution in [3.63, 3.8) is 0 Å². The minimum Gasteiger partial charge on any atom is -0.324 e. The van der Waals surface area contributed by atoms with Crippen LogP contribution in [0.2, 0.25) is 5.02 Å². The van der Waals surface area contributed by atoms with Crippen molar-refractivity contribution in [1.29, 1.82) is 0 Å². The SMILES string of the molecule is CCN(Cc1nc2ccccc2c(=O)[nH]1)C(C)C(=O)Nc1cc(Cl)ccc1C. The van der Waals surface area contributed by atoms with E-state index in [2.05, 4.69) is 15.3 Å². The number of halogens is 1. The number of amides is 1. The smallest absolute Gasteiger partial charge is 0.258 e. The van der Waals surface area contributed by atoms with Gasteiger partial charge in [0, 0.05) is 10.7 Å². The second kappa shape index (κ2) is 8.54. The molecule has 1 unspecified atom stereocenters. The number of likely N-dealkylation sites (N-methyl/N-ethyl adjacent to an activating group) is 1. The lowest BCUT2D eigenvalue weighted by atomic mass is 10.2. The van der Waals surface area contributed by atoms with E-state index in [0.29, 0.717) is 40.5 Å². The largest absolute Gasteiger partial charge is 0.324 e. The van der Waals surface area contributed by atoms with Gasteiger partial charge in [0.2, 0.25) is 5.91 Å². The first kappa shape index (κ1) is 20.0. The molecule has 0 radical (unpaired) electrons. The number of carbonyl (C=O) groups excluding carboxylic acids is 1. The van der Waals surface area contributed by atoms with Crippen LogP contribution in [0.4, 0.5) is 5.69 Å². The zero-order chi connectivity index (χ0) is 20.3. The highest BCUT2D eigenvalue weighted by Gasteiger charge is 2.22. The van der Waals surface area contributed by atoms with Gasteiger partial charge in [-0.25, -0.2) is 4.98 Å². The first-order chi connectivity index (χ1) is 13.4. The van der Waals surface area contributed by atoms with E-state index in [1.54, 1.807) is 18.2 Å². The molecule has 0 bridgehead atoms. The van der Waals surface area contributed by atoms with E-state index < -0.39 is 6.04 Å². The summed E-state index contributed by atoms with van der Waals surface area (Å²) in [5.41, 5.74) is 2.10. The van der Waals surface area contributed by atoms with Gasteiger partial charge in [0.15, 0.2) is 0 Å². The van der Waals surface area contributed by atoms with Crippen LogP contribution in [0.5, 0.6) is 0 Å². The van der Waals surface area contributed by atoms with Crippen molar-refractivity contribution < 1.29 is 4.79 Å². The zero-order valence-corrected chi connectivity index (χ0v) is 16.9. The molecular weight excluding hydrogens is 376 g/mol. The van der Waals surface area contributed by atoms with Crippen molar-refractivity contribution in [3.8, 4) is 0 Å². The maximum Gasteiger partial charge on any atom is 0.258 e. The van der Waals surface area contributed by atoms with Crippen LogP contribution in [0, 0.1) is 6.92 Å². The molecule has 1 amide bonds. The summed E-state index contributed by atoms with van der Waals surface area (Å²) in [7, 11) is 0. The minimum atomic E-state index is -0.417. The van der Waals surface area contributed by atoms with Gasteiger partial charge >= 0.3 is 0 Å². The maximum atomic E-state index is 12.8. The lowest BCUT2D eigenvalue weighted by Crippen LogP contribution is -2.42. The maximum absolute atomic E-state index is 12.8. The summed E-state index contributed by atoms with van der Waals surface area (Å²) in [6.07, 6.45) is 0. The number of nitrogens with one attached hydrogen (secondary N) is 2. The molecule has 28 heavy (non-hydrogen) atoms. The van der Waals surface area contributed by atoms with Crippen LogP contribution in [0.3, 0.4) is 0 Å². The Bertz CT molecular complexity index is 1060. The Kier molecular flexibility index (Phi) is 6.11. The van der Waals surface area contributed by atoms with E-state index in [0.717, 1.165) is 5.56 Å². The van der Waals surface area contributed by atoms with Crippen molar-refractivity contribution in [2.75, 3.05) is 11.9 Å². The van der Waals surface area contributed by atoms with Crippen LogP contribution in [0.15, 0.2) is 47.3 Å². The number of aryl methyl sites for hydroxylation is 1. The molecule has 0 saturated carbocycles. The normalized spacial score (nSPS) is 12.3. The van der Waals surface area contributed by atoms with Gasteiger partial charge in [-0.05, 0) is 50.2 Å². The average molecular weight is 399 g/mol. The molecule has 0 fully saturated rings. The van der Waals surface area contributed by atoms with Gasteiger partial charge in [0.05, 0.1) is 23.5 Å². The predicted octanol–water partition coefficient (Wildman–Crippen LogP) is 3.73. The standard InChI is InChI=1S/C21H23ClN4O2/c1-4-26(12-19-23-17-8-6-5-7-16(17)21(28)25-19)14(3)20(27)24-18-11-15(22)10-9-13(18)2/h5-11,14H,4,12H2,1-3H3,(H,24,27)(H,23,25,28). The number of rotatable bonds is 6. The molecular formula is C21H23ClN4O2. The summed E-state index contributed by atoms with van der Waals surface area (Å²) in [6.45, 7) is 6.70. The number of para-hydroxylation sites is 1. The van der Waals surface area contributed by atoms with E-state index in [9.17, 15) is 9.59 Å². The van der Waals surface area contributed by atoms with Gasteiger partial charge < -0.3 is 10.3 Å². The zero-order valence-electron chi connectivity index (χ0n) is 16.1. The van der Waals surface area contributed by atoms with E-state index in [-0.39, 0.29) is 11.5 Å². The topological polar surface area (TPSA) is 78.1 Å². The molecule has 3 rings (SSSR count). The molecule has 2 aromatic carbocycles. The molecule has 1 atom stereocenters. The summed E-state index contributed by atoms with van der Waals surface area (Å²) in [6, 6.07) is 12.2. The summed E-state index contributed by atoms with van der Waals surface area (Å²) in [5, 5.41) is 4.06. The molecule has 1 aromatic heterocycles. The Morgan fingerprint density at radius 1 is 1.29 bits per heavy atom.